The Morgan fingerprint density at radius 1 is 1.00 bits per heavy atom. The summed E-state index contributed by atoms with van der Waals surface area (Å²) in [4.78, 5) is 0. The highest BCUT2D eigenvalue weighted by molar-refractivity contribution is 7.54. The first-order valence-corrected chi connectivity index (χ1v) is 13.0. The maximum absolute atomic E-state index is 14.2. The van der Waals surface area contributed by atoms with Crippen LogP contribution in [-0.4, -0.2) is 20.3 Å². The van der Waals surface area contributed by atoms with Crippen molar-refractivity contribution in [3.8, 4) is 5.75 Å². The highest BCUT2D eigenvalue weighted by Gasteiger charge is 2.40. The van der Waals surface area contributed by atoms with Gasteiger partial charge < -0.3 is 19.1 Å². The maximum Gasteiger partial charge on any atom is 0.357 e. The molecule has 0 aliphatic carbocycles. The van der Waals surface area contributed by atoms with E-state index < -0.39 is 13.4 Å². The van der Waals surface area contributed by atoms with Crippen molar-refractivity contribution in [3.63, 3.8) is 0 Å². The molecular formula is C23H32Cl2NO4P. The molecule has 2 aromatic carbocycles. The molecule has 0 fully saturated rings. The van der Waals surface area contributed by atoms with E-state index in [1.807, 2.05) is 45.0 Å². The van der Waals surface area contributed by atoms with Gasteiger partial charge in [0.05, 0.1) is 25.3 Å². The van der Waals surface area contributed by atoms with E-state index in [2.05, 4.69) is 5.32 Å². The number of halogens is 2. The van der Waals surface area contributed by atoms with Crippen LogP contribution in [0.25, 0.3) is 0 Å². The van der Waals surface area contributed by atoms with Crippen LogP contribution in [0.4, 0.5) is 5.69 Å². The molecular weight excluding hydrogens is 456 g/mol. The summed E-state index contributed by atoms with van der Waals surface area (Å²) in [5, 5.41) is 4.07. The van der Waals surface area contributed by atoms with Crippen LogP contribution >= 0.6 is 30.8 Å². The zero-order chi connectivity index (χ0) is 22.9. The van der Waals surface area contributed by atoms with Crippen molar-refractivity contribution in [1.82, 2.24) is 0 Å². The second-order valence-corrected chi connectivity index (χ2v) is 10.3. The number of ether oxygens (including phenoxy) is 1. The van der Waals surface area contributed by atoms with Gasteiger partial charge in [0.15, 0.2) is 5.78 Å². The van der Waals surface area contributed by atoms with Crippen LogP contribution in [0.3, 0.4) is 0 Å². The van der Waals surface area contributed by atoms with Gasteiger partial charge in [0.1, 0.15) is 5.75 Å². The molecule has 5 nitrogen and oxygen atoms in total. The van der Waals surface area contributed by atoms with E-state index >= 15 is 0 Å². The number of hydrogen-bond donors (Lipinski definition) is 1. The highest BCUT2D eigenvalue weighted by atomic mass is 35.5. The van der Waals surface area contributed by atoms with Crippen molar-refractivity contribution in [2.45, 2.75) is 52.2 Å². The largest absolute Gasteiger partial charge is 0.495 e. The third kappa shape index (κ3) is 7.40. The average Bonchev–Trinajstić information content (AvgIpc) is 2.73. The molecule has 1 atom stereocenters. The summed E-state index contributed by atoms with van der Waals surface area (Å²) in [6, 6.07) is 11.1. The van der Waals surface area contributed by atoms with E-state index in [-0.39, 0.29) is 0 Å². The van der Waals surface area contributed by atoms with E-state index in [9.17, 15) is 4.57 Å². The van der Waals surface area contributed by atoms with Crippen LogP contribution < -0.4 is 10.1 Å². The van der Waals surface area contributed by atoms with Crippen molar-refractivity contribution in [2.24, 2.45) is 0 Å². The number of anilines is 1. The second kappa shape index (κ2) is 12.7. The molecule has 31 heavy (non-hydrogen) atoms. The molecule has 1 N–H and O–H groups in total. The molecule has 2 aromatic rings. The van der Waals surface area contributed by atoms with Gasteiger partial charge in [0.2, 0.25) is 0 Å². The van der Waals surface area contributed by atoms with Crippen LogP contribution in [-0.2, 0) is 13.6 Å². The van der Waals surface area contributed by atoms with Gasteiger partial charge in [-0.2, -0.15) is 0 Å². The van der Waals surface area contributed by atoms with Crippen molar-refractivity contribution in [2.75, 3.05) is 25.6 Å². The number of benzene rings is 2. The first kappa shape index (κ1) is 26.0. The highest BCUT2D eigenvalue weighted by Crippen LogP contribution is 2.63. The lowest BCUT2D eigenvalue weighted by Gasteiger charge is -2.30. The van der Waals surface area contributed by atoms with Crippen LogP contribution in [0.2, 0.25) is 10.0 Å². The Hall–Kier alpha value is -1.23. The normalized spacial score (nSPS) is 12.6. The molecule has 0 spiro atoms. The predicted molar refractivity (Wildman–Crippen MR) is 130 cm³/mol. The van der Waals surface area contributed by atoms with Gasteiger partial charge in [-0.25, -0.2) is 0 Å². The minimum Gasteiger partial charge on any atom is -0.495 e. The smallest absolute Gasteiger partial charge is 0.357 e. The van der Waals surface area contributed by atoms with E-state index in [4.69, 9.17) is 37.0 Å². The van der Waals surface area contributed by atoms with Crippen LogP contribution in [0.15, 0.2) is 36.4 Å². The van der Waals surface area contributed by atoms with Gasteiger partial charge in [-0.05, 0) is 44.0 Å². The summed E-state index contributed by atoms with van der Waals surface area (Å²) in [5.74, 6) is -0.468. The molecule has 172 valence electrons. The third-order valence-corrected chi connectivity index (χ3v) is 7.37. The van der Waals surface area contributed by atoms with Gasteiger partial charge in [0.25, 0.3) is 0 Å². The molecule has 2 rings (SSSR count). The number of hydrogen-bond acceptors (Lipinski definition) is 5. The molecule has 0 bridgehead atoms. The Balaban J connectivity index is 2.57. The van der Waals surface area contributed by atoms with Crippen LogP contribution in [0.1, 0.15) is 56.4 Å². The monoisotopic (exact) mass is 487 g/mol. The fraction of sp³-hybridized carbons (Fsp3) is 0.478. The fourth-order valence-corrected chi connectivity index (χ4v) is 5.56. The van der Waals surface area contributed by atoms with Crippen molar-refractivity contribution >= 4 is 36.5 Å². The zero-order valence-corrected chi connectivity index (χ0v) is 21.0. The second-order valence-electron chi connectivity index (χ2n) is 7.34. The van der Waals surface area contributed by atoms with Crippen LogP contribution in [0.5, 0.6) is 5.75 Å². The molecule has 0 aromatic heterocycles. The topological polar surface area (TPSA) is 56.8 Å². The van der Waals surface area contributed by atoms with Gasteiger partial charge in [0, 0.05) is 16.3 Å². The van der Waals surface area contributed by atoms with Crippen molar-refractivity contribution in [3.05, 3.63) is 57.6 Å². The first-order valence-electron chi connectivity index (χ1n) is 10.6. The number of aryl methyl sites for hydroxylation is 1. The summed E-state index contributed by atoms with van der Waals surface area (Å²) < 4.78 is 31.6. The van der Waals surface area contributed by atoms with E-state index in [1.165, 1.54) is 7.11 Å². The zero-order valence-electron chi connectivity index (χ0n) is 18.6. The molecule has 8 heteroatoms. The molecule has 0 saturated heterocycles. The maximum atomic E-state index is 14.2. The van der Waals surface area contributed by atoms with Crippen molar-refractivity contribution in [1.29, 1.82) is 0 Å². The van der Waals surface area contributed by atoms with Crippen LogP contribution in [0, 0.1) is 6.92 Å². The Kier molecular flexibility index (Phi) is 10.7. The SMILES string of the molecule is CCCCOP(=O)(OCCCC)[C@H](Nc1ccc(C)cc1)c1cc(Cl)cc(Cl)c1OC. The summed E-state index contributed by atoms with van der Waals surface area (Å²) >= 11 is 12.7. The Bertz CT molecular complexity index is 863. The Morgan fingerprint density at radius 3 is 2.10 bits per heavy atom. The van der Waals surface area contributed by atoms with Gasteiger partial charge in [-0.1, -0.05) is 67.6 Å². The molecule has 0 amide bonds. The number of rotatable bonds is 13. The fourth-order valence-electron chi connectivity index (χ4n) is 2.99. The lowest BCUT2D eigenvalue weighted by atomic mass is 10.1. The Morgan fingerprint density at radius 2 is 1.58 bits per heavy atom. The molecule has 0 heterocycles. The lowest BCUT2D eigenvalue weighted by Crippen LogP contribution is -2.17. The number of unbranched alkanes of at least 4 members (excludes halogenated alkanes) is 2. The van der Waals surface area contributed by atoms with E-state index in [1.54, 1.807) is 12.1 Å². The summed E-state index contributed by atoms with van der Waals surface area (Å²) in [6.45, 7) is 6.75. The molecule has 0 radical (unpaired) electrons. The quantitative estimate of drug-likeness (QED) is 0.227. The minimum atomic E-state index is -3.68. The number of nitrogens with one attached hydrogen (secondary N) is 1. The summed E-state index contributed by atoms with van der Waals surface area (Å²) in [7, 11) is -2.16. The first-order chi connectivity index (χ1) is 14.8. The van der Waals surface area contributed by atoms with Gasteiger partial charge in [-0.3, -0.25) is 4.57 Å². The molecule has 0 unspecified atom stereocenters. The molecule has 0 aliphatic rings. The summed E-state index contributed by atoms with van der Waals surface area (Å²) in [6.07, 6.45) is 3.37. The molecule has 0 saturated carbocycles. The lowest BCUT2D eigenvalue weighted by molar-refractivity contribution is 0.194. The van der Waals surface area contributed by atoms with Gasteiger partial charge in [-0.15, -0.1) is 0 Å². The van der Waals surface area contributed by atoms with Gasteiger partial charge >= 0.3 is 7.60 Å². The average molecular weight is 488 g/mol. The van der Waals surface area contributed by atoms with E-state index in [0.717, 1.165) is 36.9 Å². The standard InChI is InChI=1S/C23H32Cl2NO4P/c1-5-7-13-29-31(27,30-14-8-6-2)23(26-19-11-9-17(3)10-12-19)20-15-18(24)16-21(25)22(20)28-4/h9-12,15-16,23,26H,5-8,13-14H2,1-4H3/t23-/m0/s1. The third-order valence-electron chi connectivity index (χ3n) is 4.75. The minimum absolute atomic E-state index is 0.322. The summed E-state index contributed by atoms with van der Waals surface area (Å²) in [5.41, 5.74) is 2.41. The van der Waals surface area contributed by atoms with E-state index in [0.29, 0.717) is 34.6 Å². The molecule has 0 aliphatic heterocycles. The number of methoxy groups -OCH3 is 1. The predicted octanol–water partition coefficient (Wildman–Crippen LogP) is 8.25. The Labute approximate surface area is 195 Å². The van der Waals surface area contributed by atoms with Crippen molar-refractivity contribution < 1.29 is 18.3 Å².